The van der Waals surface area contributed by atoms with E-state index in [1.807, 2.05) is 0 Å². The van der Waals surface area contributed by atoms with Crippen LogP contribution in [0.3, 0.4) is 0 Å². The van der Waals surface area contributed by atoms with Gasteiger partial charge in [-0.1, -0.05) is 24.3 Å². The van der Waals surface area contributed by atoms with Gasteiger partial charge < -0.3 is 20.4 Å². The number of nitrogens with zero attached hydrogens (tertiary/aromatic N) is 1. The molecule has 2 aromatic rings. The smallest absolute Gasteiger partial charge is 0.335 e. The van der Waals surface area contributed by atoms with Crippen LogP contribution in [-0.4, -0.2) is 45.5 Å². The third-order valence-corrected chi connectivity index (χ3v) is 4.62. The number of aromatic hydroxyl groups is 1. The predicted octanol–water partition coefficient (Wildman–Crippen LogP) is 2.01. The highest BCUT2D eigenvalue weighted by atomic mass is 16.4. The second-order valence-corrected chi connectivity index (χ2v) is 6.39. The molecule has 1 aliphatic heterocycles. The minimum absolute atomic E-state index is 0.105. The molecule has 2 amide bonds. The lowest BCUT2D eigenvalue weighted by Gasteiger charge is -2.24. The average molecular weight is 368 g/mol. The SMILES string of the molecule is O=C(O)c1ccc(CNC(=O)C2CCCN2C(=O)c2ccccc2O)cc1. The first kappa shape index (κ1) is 18.4. The lowest BCUT2D eigenvalue weighted by atomic mass is 10.1. The van der Waals surface area contributed by atoms with Crippen LogP contribution in [0, 0.1) is 0 Å². The number of amides is 2. The zero-order valence-electron chi connectivity index (χ0n) is 14.6. The number of carboxylic acid groups (broad SMARTS) is 1. The van der Waals surface area contributed by atoms with Gasteiger partial charge in [-0.05, 0) is 42.7 Å². The number of carbonyl (C=O) groups excluding carboxylic acids is 2. The van der Waals surface area contributed by atoms with Gasteiger partial charge >= 0.3 is 5.97 Å². The number of nitrogens with one attached hydrogen (secondary N) is 1. The molecule has 0 radical (unpaired) electrons. The number of hydrogen-bond acceptors (Lipinski definition) is 4. The molecular weight excluding hydrogens is 348 g/mol. The van der Waals surface area contributed by atoms with Gasteiger partial charge in [-0.15, -0.1) is 0 Å². The summed E-state index contributed by atoms with van der Waals surface area (Å²) in [7, 11) is 0. The summed E-state index contributed by atoms with van der Waals surface area (Å²) in [6.45, 7) is 0.701. The second-order valence-electron chi connectivity index (χ2n) is 6.39. The Hall–Kier alpha value is -3.35. The van der Waals surface area contributed by atoms with E-state index in [2.05, 4.69) is 5.32 Å². The Kier molecular flexibility index (Phi) is 5.40. The largest absolute Gasteiger partial charge is 0.507 e. The van der Waals surface area contributed by atoms with Crippen molar-refractivity contribution in [2.45, 2.75) is 25.4 Å². The van der Waals surface area contributed by atoms with Gasteiger partial charge in [0.2, 0.25) is 5.91 Å². The Labute approximate surface area is 156 Å². The van der Waals surface area contributed by atoms with Gasteiger partial charge in [0.1, 0.15) is 11.8 Å². The number of aromatic carboxylic acids is 1. The van der Waals surface area contributed by atoms with Crippen LogP contribution in [0.15, 0.2) is 48.5 Å². The van der Waals surface area contributed by atoms with Gasteiger partial charge in [0, 0.05) is 13.1 Å². The standard InChI is InChI=1S/C20H20N2O5/c23-17-6-2-1-4-15(17)19(25)22-11-3-5-16(22)18(24)21-12-13-7-9-14(10-8-13)20(26)27/h1-2,4,6-10,16,23H,3,5,11-12H2,(H,21,24)(H,26,27). The van der Waals surface area contributed by atoms with E-state index in [9.17, 15) is 19.5 Å². The van der Waals surface area contributed by atoms with Crippen molar-refractivity contribution >= 4 is 17.8 Å². The molecule has 3 rings (SSSR count). The number of phenolic OH excluding ortho intramolecular Hbond substituents is 1. The highest BCUT2D eigenvalue weighted by Crippen LogP contribution is 2.24. The van der Waals surface area contributed by atoms with E-state index in [0.717, 1.165) is 5.56 Å². The second kappa shape index (κ2) is 7.90. The maximum Gasteiger partial charge on any atom is 0.335 e. The van der Waals surface area contributed by atoms with E-state index < -0.39 is 12.0 Å². The van der Waals surface area contributed by atoms with Crippen molar-refractivity contribution in [3.05, 3.63) is 65.2 Å². The number of phenols is 1. The summed E-state index contributed by atoms with van der Waals surface area (Å²) in [6, 6.07) is 11.9. The van der Waals surface area contributed by atoms with Crippen LogP contribution in [0.5, 0.6) is 5.75 Å². The molecule has 7 heteroatoms. The molecular formula is C20H20N2O5. The number of carbonyl (C=O) groups is 3. The van der Waals surface area contributed by atoms with Gasteiger partial charge in [-0.3, -0.25) is 9.59 Å². The molecule has 1 saturated heterocycles. The molecule has 1 unspecified atom stereocenters. The Balaban J connectivity index is 1.64. The molecule has 7 nitrogen and oxygen atoms in total. The number of rotatable bonds is 5. The van der Waals surface area contributed by atoms with E-state index in [1.165, 1.54) is 29.2 Å². The fourth-order valence-electron chi connectivity index (χ4n) is 3.16. The van der Waals surface area contributed by atoms with Crippen LogP contribution < -0.4 is 5.32 Å². The summed E-state index contributed by atoms with van der Waals surface area (Å²) < 4.78 is 0. The topological polar surface area (TPSA) is 107 Å². The van der Waals surface area contributed by atoms with Crippen LogP contribution in [0.2, 0.25) is 0 Å². The van der Waals surface area contributed by atoms with Crippen molar-refractivity contribution < 1.29 is 24.6 Å². The minimum Gasteiger partial charge on any atom is -0.507 e. The zero-order valence-corrected chi connectivity index (χ0v) is 14.6. The van der Waals surface area contributed by atoms with Gasteiger partial charge in [-0.25, -0.2) is 4.79 Å². The van der Waals surface area contributed by atoms with Gasteiger partial charge in [0.25, 0.3) is 5.91 Å². The first-order valence-electron chi connectivity index (χ1n) is 8.66. The average Bonchev–Trinajstić information content (AvgIpc) is 3.16. The molecule has 1 aliphatic rings. The fourth-order valence-corrected chi connectivity index (χ4v) is 3.16. The van der Waals surface area contributed by atoms with E-state index in [0.29, 0.717) is 19.4 Å². The quantitative estimate of drug-likeness (QED) is 0.748. The van der Waals surface area contributed by atoms with E-state index in [-0.39, 0.29) is 35.2 Å². The summed E-state index contributed by atoms with van der Waals surface area (Å²) >= 11 is 0. The van der Waals surface area contributed by atoms with E-state index in [4.69, 9.17) is 5.11 Å². The summed E-state index contributed by atoms with van der Waals surface area (Å²) in [5.41, 5.74) is 1.13. The molecule has 1 atom stereocenters. The van der Waals surface area contributed by atoms with Crippen LogP contribution in [-0.2, 0) is 11.3 Å². The van der Waals surface area contributed by atoms with Crippen molar-refractivity contribution in [3.8, 4) is 5.75 Å². The molecule has 0 bridgehead atoms. The van der Waals surface area contributed by atoms with Crippen molar-refractivity contribution in [2.75, 3.05) is 6.54 Å². The van der Waals surface area contributed by atoms with E-state index in [1.54, 1.807) is 24.3 Å². The molecule has 0 saturated carbocycles. The van der Waals surface area contributed by atoms with Crippen molar-refractivity contribution in [1.29, 1.82) is 0 Å². The molecule has 0 spiro atoms. The van der Waals surface area contributed by atoms with Gasteiger partial charge in [0.15, 0.2) is 0 Å². The maximum atomic E-state index is 12.7. The number of hydrogen-bond donors (Lipinski definition) is 3. The van der Waals surface area contributed by atoms with Crippen LogP contribution >= 0.6 is 0 Å². The Morgan fingerprint density at radius 2 is 1.78 bits per heavy atom. The Bertz CT molecular complexity index is 863. The highest BCUT2D eigenvalue weighted by Gasteiger charge is 2.35. The van der Waals surface area contributed by atoms with Crippen LogP contribution in [0.25, 0.3) is 0 Å². The number of carboxylic acids is 1. The van der Waals surface area contributed by atoms with Crippen molar-refractivity contribution in [2.24, 2.45) is 0 Å². The highest BCUT2D eigenvalue weighted by molar-refractivity contribution is 5.99. The molecule has 1 fully saturated rings. The Morgan fingerprint density at radius 1 is 1.07 bits per heavy atom. The zero-order chi connectivity index (χ0) is 19.4. The van der Waals surface area contributed by atoms with Crippen LogP contribution in [0.1, 0.15) is 39.1 Å². The number of likely N-dealkylation sites (tertiary alicyclic amines) is 1. The number of benzene rings is 2. The van der Waals surface area contributed by atoms with Crippen LogP contribution in [0.4, 0.5) is 0 Å². The summed E-state index contributed by atoms with van der Waals surface area (Å²) in [5, 5.41) is 21.6. The monoisotopic (exact) mass is 368 g/mol. The minimum atomic E-state index is -1.00. The molecule has 0 aromatic heterocycles. The third-order valence-electron chi connectivity index (χ3n) is 4.62. The third kappa shape index (κ3) is 4.08. The molecule has 1 heterocycles. The molecule has 27 heavy (non-hydrogen) atoms. The summed E-state index contributed by atoms with van der Waals surface area (Å²) in [5.74, 6) is -1.74. The molecule has 2 aromatic carbocycles. The maximum absolute atomic E-state index is 12.7. The lowest BCUT2D eigenvalue weighted by molar-refractivity contribution is -0.125. The first-order chi connectivity index (χ1) is 13.0. The lowest BCUT2D eigenvalue weighted by Crippen LogP contribution is -2.45. The fraction of sp³-hybridized carbons (Fsp3) is 0.250. The predicted molar refractivity (Wildman–Crippen MR) is 97.4 cm³/mol. The number of para-hydroxylation sites is 1. The normalized spacial score (nSPS) is 16.1. The summed E-state index contributed by atoms with van der Waals surface area (Å²) in [6.07, 6.45) is 1.27. The van der Waals surface area contributed by atoms with E-state index >= 15 is 0 Å². The summed E-state index contributed by atoms with van der Waals surface area (Å²) in [4.78, 5) is 37.6. The molecule has 3 N–H and O–H groups in total. The first-order valence-corrected chi connectivity index (χ1v) is 8.66. The van der Waals surface area contributed by atoms with Crippen molar-refractivity contribution in [3.63, 3.8) is 0 Å². The van der Waals surface area contributed by atoms with Gasteiger partial charge in [0.05, 0.1) is 11.1 Å². The Morgan fingerprint density at radius 3 is 2.44 bits per heavy atom. The molecule has 140 valence electrons. The molecule has 0 aliphatic carbocycles. The van der Waals surface area contributed by atoms with Gasteiger partial charge in [-0.2, -0.15) is 0 Å². The van der Waals surface area contributed by atoms with Crippen molar-refractivity contribution in [1.82, 2.24) is 10.2 Å².